The Morgan fingerprint density at radius 1 is 1.33 bits per heavy atom. The molecule has 0 bridgehead atoms. The number of likely N-dealkylation sites (N-methyl/N-ethyl adjacent to an activating group) is 1. The van der Waals surface area contributed by atoms with Crippen LogP contribution in [0.25, 0.3) is 0 Å². The third kappa shape index (κ3) is 6.13. The van der Waals surface area contributed by atoms with Gasteiger partial charge < -0.3 is 19.1 Å². The molecule has 3 rings (SSSR count). The Kier molecular flexibility index (Phi) is 8.49. The van der Waals surface area contributed by atoms with Gasteiger partial charge in [0.15, 0.2) is 0 Å². The Bertz CT molecular complexity index is 989. The highest BCUT2D eigenvalue weighted by atomic mass is 32.2. The molecule has 0 N–H and O–H groups in total. The van der Waals surface area contributed by atoms with Crippen LogP contribution in [0.1, 0.15) is 47.1 Å². The third-order valence-electron chi connectivity index (χ3n) is 5.65. The van der Waals surface area contributed by atoms with Crippen LogP contribution < -0.4 is 0 Å². The fraction of sp³-hybridized carbons (Fsp3) is 0.522. The zero-order chi connectivity index (χ0) is 24.0. The van der Waals surface area contributed by atoms with Crippen molar-refractivity contribution in [2.45, 2.75) is 44.4 Å². The zero-order valence-electron chi connectivity index (χ0n) is 19.5. The van der Waals surface area contributed by atoms with Crippen molar-refractivity contribution in [2.75, 3.05) is 33.3 Å². The number of hydrogen-bond acceptors (Lipinski definition) is 8. The average Bonchev–Trinajstić information content (AvgIpc) is 3.14. The summed E-state index contributed by atoms with van der Waals surface area (Å²) in [5.74, 6) is 0.271. The predicted molar refractivity (Wildman–Crippen MR) is 123 cm³/mol. The van der Waals surface area contributed by atoms with Gasteiger partial charge in [-0.25, -0.2) is 4.98 Å². The molecule has 3 heterocycles. The van der Waals surface area contributed by atoms with Crippen LogP contribution in [-0.2, 0) is 20.1 Å². The van der Waals surface area contributed by atoms with Gasteiger partial charge in [-0.3, -0.25) is 14.4 Å². The first-order valence-corrected chi connectivity index (χ1v) is 12.0. The Morgan fingerprint density at radius 2 is 2.12 bits per heavy atom. The minimum absolute atomic E-state index is 0.0722. The van der Waals surface area contributed by atoms with Gasteiger partial charge in [0.1, 0.15) is 10.8 Å². The summed E-state index contributed by atoms with van der Waals surface area (Å²) in [5, 5.41) is 4.55. The van der Waals surface area contributed by atoms with Gasteiger partial charge in [-0.15, -0.1) is 11.8 Å². The number of piperidine rings is 1. The van der Waals surface area contributed by atoms with Crippen LogP contribution in [0, 0.1) is 19.8 Å². The van der Waals surface area contributed by atoms with Gasteiger partial charge in [-0.1, -0.05) is 5.16 Å². The highest BCUT2D eigenvalue weighted by Gasteiger charge is 2.30. The molecule has 1 aliphatic heterocycles. The molecule has 0 radical (unpaired) electrons. The molecule has 9 nitrogen and oxygen atoms in total. The summed E-state index contributed by atoms with van der Waals surface area (Å²) in [4.78, 5) is 45.5. The van der Waals surface area contributed by atoms with Gasteiger partial charge in [-0.2, -0.15) is 0 Å². The number of aromatic nitrogens is 2. The van der Waals surface area contributed by atoms with Gasteiger partial charge in [0.25, 0.3) is 5.91 Å². The molecule has 2 aromatic heterocycles. The van der Waals surface area contributed by atoms with Crippen molar-refractivity contribution in [1.29, 1.82) is 0 Å². The monoisotopic (exact) mass is 474 g/mol. The van der Waals surface area contributed by atoms with E-state index in [9.17, 15) is 14.4 Å². The van der Waals surface area contributed by atoms with E-state index in [1.807, 2.05) is 13.8 Å². The zero-order valence-corrected chi connectivity index (χ0v) is 20.3. The van der Waals surface area contributed by atoms with Crippen molar-refractivity contribution < 1.29 is 23.6 Å². The fourth-order valence-electron chi connectivity index (χ4n) is 3.75. The molecule has 1 saturated heterocycles. The van der Waals surface area contributed by atoms with Crippen LogP contribution in [0.3, 0.4) is 0 Å². The van der Waals surface area contributed by atoms with Crippen LogP contribution in [0.15, 0.2) is 27.9 Å². The number of rotatable bonds is 8. The van der Waals surface area contributed by atoms with Crippen molar-refractivity contribution in [3.8, 4) is 0 Å². The van der Waals surface area contributed by atoms with Crippen molar-refractivity contribution in [3.63, 3.8) is 0 Å². The Balaban J connectivity index is 1.63. The van der Waals surface area contributed by atoms with E-state index in [-0.39, 0.29) is 30.2 Å². The number of ether oxygens (including phenoxy) is 1. The van der Waals surface area contributed by atoms with Crippen LogP contribution in [0.4, 0.5) is 0 Å². The smallest absolute Gasteiger partial charge is 0.310 e. The van der Waals surface area contributed by atoms with Gasteiger partial charge in [0.2, 0.25) is 5.91 Å². The first kappa shape index (κ1) is 24.8. The predicted octanol–water partition coefficient (Wildman–Crippen LogP) is 2.85. The van der Waals surface area contributed by atoms with E-state index in [0.717, 1.165) is 23.4 Å². The normalized spacial score (nSPS) is 15.9. The number of carbonyl (C=O) groups excluding carboxylic acids is 3. The molecule has 2 aromatic rings. The highest BCUT2D eigenvalue weighted by molar-refractivity contribution is 7.98. The molecule has 1 fully saturated rings. The molecule has 178 valence electrons. The lowest BCUT2D eigenvalue weighted by Crippen LogP contribution is -2.47. The van der Waals surface area contributed by atoms with E-state index in [2.05, 4.69) is 10.1 Å². The Hall–Kier alpha value is -2.88. The quantitative estimate of drug-likeness (QED) is 0.425. The van der Waals surface area contributed by atoms with E-state index in [1.165, 1.54) is 16.7 Å². The van der Waals surface area contributed by atoms with Gasteiger partial charge in [0.05, 0.1) is 30.3 Å². The third-order valence-corrected chi connectivity index (χ3v) is 6.68. The first-order valence-electron chi connectivity index (χ1n) is 11.0. The molecule has 10 heteroatoms. The maximum atomic E-state index is 13.1. The Labute approximate surface area is 197 Å². The van der Waals surface area contributed by atoms with Crippen molar-refractivity contribution >= 4 is 29.5 Å². The van der Waals surface area contributed by atoms with Crippen LogP contribution in [0.2, 0.25) is 0 Å². The van der Waals surface area contributed by atoms with Gasteiger partial charge in [-0.05, 0) is 45.7 Å². The molecule has 0 saturated carbocycles. The van der Waals surface area contributed by atoms with Crippen molar-refractivity contribution in [1.82, 2.24) is 19.9 Å². The maximum absolute atomic E-state index is 13.1. The fourth-order valence-corrected chi connectivity index (χ4v) is 4.89. The van der Waals surface area contributed by atoms with E-state index in [1.54, 1.807) is 37.2 Å². The molecule has 0 aliphatic carbocycles. The van der Waals surface area contributed by atoms with Crippen molar-refractivity contribution in [2.24, 2.45) is 5.92 Å². The lowest BCUT2D eigenvalue weighted by Gasteiger charge is -2.32. The number of pyridine rings is 1. The molecule has 0 spiro atoms. The molecule has 1 atom stereocenters. The summed E-state index contributed by atoms with van der Waals surface area (Å²) in [6.45, 7) is 6.65. The summed E-state index contributed by atoms with van der Waals surface area (Å²) in [6.07, 6.45) is 3.08. The molecule has 1 unspecified atom stereocenters. The number of amides is 2. The minimum Gasteiger partial charge on any atom is -0.466 e. The molecule has 2 amide bonds. The first-order chi connectivity index (χ1) is 15.8. The second-order valence-corrected chi connectivity index (χ2v) is 9.00. The topological polar surface area (TPSA) is 106 Å². The van der Waals surface area contributed by atoms with E-state index >= 15 is 0 Å². The number of nitrogens with zero attached hydrogens (tertiary/aromatic N) is 4. The van der Waals surface area contributed by atoms with Gasteiger partial charge in [0, 0.05) is 37.7 Å². The average molecular weight is 475 g/mol. The molecule has 33 heavy (non-hydrogen) atoms. The number of esters is 1. The van der Waals surface area contributed by atoms with E-state index in [4.69, 9.17) is 9.26 Å². The molecular weight excluding hydrogens is 444 g/mol. The van der Waals surface area contributed by atoms with Crippen LogP contribution in [-0.4, -0.2) is 71.0 Å². The van der Waals surface area contributed by atoms with Crippen molar-refractivity contribution in [3.05, 3.63) is 40.9 Å². The summed E-state index contributed by atoms with van der Waals surface area (Å²) in [7, 11) is 1.60. The summed E-state index contributed by atoms with van der Waals surface area (Å²) in [6, 6.07) is 3.42. The van der Waals surface area contributed by atoms with E-state index in [0.29, 0.717) is 42.5 Å². The summed E-state index contributed by atoms with van der Waals surface area (Å²) in [5.41, 5.74) is 2.23. The number of aryl methyl sites for hydroxylation is 2. The Morgan fingerprint density at radius 3 is 2.82 bits per heavy atom. The number of thioether (sulfide) groups is 1. The largest absolute Gasteiger partial charge is 0.466 e. The minimum atomic E-state index is -0.311. The second kappa shape index (κ2) is 11.3. The highest BCUT2D eigenvalue weighted by Crippen LogP contribution is 2.28. The van der Waals surface area contributed by atoms with Gasteiger partial charge >= 0.3 is 5.97 Å². The van der Waals surface area contributed by atoms with Crippen LogP contribution >= 0.6 is 11.8 Å². The lowest BCUT2D eigenvalue weighted by molar-refractivity contribution is -0.151. The SMILES string of the molecule is CCOC(=O)C1CCCN(C(=O)CN(C)C(=O)c2cccnc2SCc2c(C)noc2C)C1. The summed E-state index contributed by atoms with van der Waals surface area (Å²) < 4.78 is 10.3. The molecule has 0 aromatic carbocycles. The second-order valence-electron chi connectivity index (χ2n) is 8.04. The molecular formula is C23H30N4O5S. The lowest BCUT2D eigenvalue weighted by atomic mass is 9.98. The molecule has 1 aliphatic rings. The summed E-state index contributed by atoms with van der Waals surface area (Å²) >= 11 is 1.43. The number of likely N-dealkylation sites (tertiary alicyclic amines) is 1. The van der Waals surface area contributed by atoms with Crippen LogP contribution in [0.5, 0.6) is 0 Å². The van der Waals surface area contributed by atoms with E-state index < -0.39 is 0 Å². The maximum Gasteiger partial charge on any atom is 0.310 e. The number of hydrogen-bond donors (Lipinski definition) is 0. The number of carbonyl (C=O) groups is 3. The standard InChI is InChI=1S/C23H30N4O5S/c1-5-31-23(30)17-8-7-11-27(12-17)20(28)13-26(4)22(29)18-9-6-10-24-21(18)33-14-19-15(2)25-32-16(19)3/h6,9-10,17H,5,7-8,11-14H2,1-4H3.